The van der Waals surface area contributed by atoms with E-state index in [9.17, 15) is 21.0 Å². The van der Waals surface area contributed by atoms with E-state index in [4.69, 9.17) is 11.5 Å². The number of nitrogens with two attached hydrogens (primary N) is 2. The van der Waals surface area contributed by atoms with Crippen molar-refractivity contribution in [3.05, 3.63) is 45.1 Å². The molecule has 0 aromatic rings. The van der Waals surface area contributed by atoms with Crippen molar-refractivity contribution in [3.63, 3.8) is 0 Å². The summed E-state index contributed by atoms with van der Waals surface area (Å²) in [7, 11) is 0. The van der Waals surface area contributed by atoms with Crippen LogP contribution in [0.5, 0.6) is 0 Å². The van der Waals surface area contributed by atoms with Gasteiger partial charge in [0.2, 0.25) is 0 Å². The lowest BCUT2D eigenvalue weighted by Gasteiger charge is -2.34. The number of nitrogens with zero attached hydrogens (tertiary/aromatic N) is 4. The molecule has 0 fully saturated rings. The number of nitriles is 4. The molecule has 0 unspecified atom stereocenters. The third-order valence-corrected chi connectivity index (χ3v) is 6.75. The highest BCUT2D eigenvalue weighted by Crippen LogP contribution is 2.41. The first-order chi connectivity index (χ1) is 17.0. The van der Waals surface area contributed by atoms with E-state index < -0.39 is 0 Å². The highest BCUT2D eigenvalue weighted by atomic mass is 14.9. The number of hydrogen-bond donors (Lipinski definition) is 4. The first-order valence-electron chi connectivity index (χ1n) is 12.5. The van der Waals surface area contributed by atoms with Gasteiger partial charge in [-0.2, -0.15) is 21.0 Å². The fourth-order valence-electron chi connectivity index (χ4n) is 4.95. The molecule has 0 aromatic heterocycles. The van der Waals surface area contributed by atoms with Gasteiger partial charge in [-0.25, -0.2) is 0 Å². The van der Waals surface area contributed by atoms with Crippen molar-refractivity contribution in [2.24, 2.45) is 22.3 Å². The minimum absolute atomic E-state index is 0.0638. The van der Waals surface area contributed by atoms with E-state index in [1.165, 1.54) is 0 Å². The molecule has 0 amide bonds. The van der Waals surface area contributed by atoms with E-state index in [1.807, 2.05) is 24.3 Å². The van der Waals surface area contributed by atoms with Gasteiger partial charge >= 0.3 is 0 Å². The van der Waals surface area contributed by atoms with Crippen molar-refractivity contribution in [1.82, 2.24) is 10.6 Å². The van der Waals surface area contributed by atoms with Crippen LogP contribution < -0.4 is 22.1 Å². The third-order valence-electron chi connectivity index (χ3n) is 6.75. The predicted octanol–water partition coefficient (Wildman–Crippen LogP) is 4.39. The number of nitrogens with one attached hydrogen (secondary N) is 2. The molecule has 0 bridgehead atoms. The largest absolute Gasteiger partial charge is 0.397 e. The molecule has 0 aromatic carbocycles. The van der Waals surface area contributed by atoms with Crippen LogP contribution in [0.3, 0.4) is 0 Å². The van der Waals surface area contributed by atoms with Crippen LogP contribution >= 0.6 is 0 Å². The second-order valence-electron chi connectivity index (χ2n) is 11.2. The monoisotopic (exact) mass is 486 g/mol. The minimum atomic E-state index is -0.0638. The van der Waals surface area contributed by atoms with Crippen molar-refractivity contribution in [2.45, 2.75) is 79.1 Å². The van der Waals surface area contributed by atoms with Gasteiger partial charge in [0.25, 0.3) is 0 Å². The summed E-state index contributed by atoms with van der Waals surface area (Å²) in [6.07, 6.45) is 6.89. The molecule has 0 atom stereocenters. The van der Waals surface area contributed by atoms with Gasteiger partial charge in [0.05, 0.1) is 11.4 Å². The highest BCUT2D eigenvalue weighted by Gasteiger charge is 2.32. The molecule has 2 aliphatic rings. The van der Waals surface area contributed by atoms with E-state index >= 15 is 0 Å². The van der Waals surface area contributed by atoms with Gasteiger partial charge in [0.1, 0.15) is 35.4 Å². The van der Waals surface area contributed by atoms with Gasteiger partial charge in [-0.15, -0.1) is 0 Å². The number of allylic oxidation sites excluding steroid dienone is 6. The smallest absolute Gasteiger partial charge is 0.134 e. The van der Waals surface area contributed by atoms with E-state index in [1.54, 1.807) is 0 Å². The fourth-order valence-corrected chi connectivity index (χ4v) is 4.95. The minimum Gasteiger partial charge on any atom is -0.397 e. The van der Waals surface area contributed by atoms with E-state index in [-0.39, 0.29) is 22.0 Å². The molecular weight excluding hydrogens is 448 g/mol. The van der Waals surface area contributed by atoms with Crippen LogP contribution in [0.1, 0.15) is 79.1 Å². The Morgan fingerprint density at radius 3 is 1.28 bits per heavy atom. The summed E-state index contributed by atoms with van der Waals surface area (Å²) >= 11 is 0. The molecule has 190 valence electrons. The van der Waals surface area contributed by atoms with Gasteiger partial charge in [0, 0.05) is 35.6 Å². The molecular formula is C28H38N8. The maximum Gasteiger partial charge on any atom is 0.134 e. The molecule has 0 aliphatic heterocycles. The molecule has 0 radical (unpaired) electrons. The maximum atomic E-state index is 9.28. The molecule has 0 saturated heterocycles. The summed E-state index contributed by atoms with van der Waals surface area (Å²) < 4.78 is 0. The SMILES string of the molecule is CC1(C)CC(NCCCCCCNC2=C(N)C(=C(C#N)C#N)CC(C)(C)C2)=C(N)C(=C(C#N)C#N)C1. The van der Waals surface area contributed by atoms with Gasteiger partial charge in [-0.05, 0) is 49.4 Å². The highest BCUT2D eigenvalue weighted by molar-refractivity contribution is 5.52. The van der Waals surface area contributed by atoms with Crippen molar-refractivity contribution >= 4 is 0 Å². The lowest BCUT2D eigenvalue weighted by molar-refractivity contribution is 0.334. The van der Waals surface area contributed by atoms with Crippen molar-refractivity contribution < 1.29 is 0 Å². The van der Waals surface area contributed by atoms with Crippen LogP contribution in [-0.4, -0.2) is 13.1 Å². The van der Waals surface area contributed by atoms with Crippen molar-refractivity contribution in [2.75, 3.05) is 13.1 Å². The zero-order chi connectivity index (χ0) is 26.9. The molecule has 2 aliphatic carbocycles. The summed E-state index contributed by atoms with van der Waals surface area (Å²) in [5.41, 5.74) is 16.9. The number of rotatable bonds is 9. The average molecular weight is 487 g/mol. The Kier molecular flexibility index (Phi) is 9.60. The van der Waals surface area contributed by atoms with E-state index in [0.717, 1.165) is 63.0 Å². The van der Waals surface area contributed by atoms with Crippen molar-refractivity contribution in [1.29, 1.82) is 21.0 Å². The molecule has 8 heteroatoms. The Balaban J connectivity index is 1.85. The van der Waals surface area contributed by atoms with Crippen LogP contribution in [0.15, 0.2) is 45.1 Å². The topological polar surface area (TPSA) is 171 Å². The van der Waals surface area contributed by atoms with Crippen LogP contribution in [-0.2, 0) is 0 Å². The Hall–Kier alpha value is -3.88. The van der Waals surface area contributed by atoms with Gasteiger partial charge in [-0.1, -0.05) is 40.5 Å². The molecule has 0 saturated carbocycles. The Morgan fingerprint density at radius 1 is 0.639 bits per heavy atom. The lowest BCUT2D eigenvalue weighted by atomic mass is 9.74. The molecule has 8 nitrogen and oxygen atoms in total. The van der Waals surface area contributed by atoms with Gasteiger partial charge < -0.3 is 22.1 Å². The zero-order valence-corrected chi connectivity index (χ0v) is 22.0. The Morgan fingerprint density at radius 2 is 0.972 bits per heavy atom. The summed E-state index contributed by atoms with van der Waals surface area (Å²) in [6, 6.07) is 7.92. The average Bonchev–Trinajstić information content (AvgIpc) is 2.81. The fraction of sp³-hybridized carbons (Fsp3) is 0.571. The first kappa shape index (κ1) is 28.4. The van der Waals surface area contributed by atoms with Crippen molar-refractivity contribution in [3.8, 4) is 24.3 Å². The summed E-state index contributed by atoms with van der Waals surface area (Å²) in [4.78, 5) is 0. The summed E-state index contributed by atoms with van der Waals surface area (Å²) in [5.74, 6) is 0. The summed E-state index contributed by atoms with van der Waals surface area (Å²) in [6.45, 7) is 10.1. The van der Waals surface area contributed by atoms with Crippen LogP contribution in [0.25, 0.3) is 0 Å². The van der Waals surface area contributed by atoms with Crippen LogP contribution in [0.2, 0.25) is 0 Å². The van der Waals surface area contributed by atoms with Crippen LogP contribution in [0.4, 0.5) is 0 Å². The predicted molar refractivity (Wildman–Crippen MR) is 139 cm³/mol. The molecule has 36 heavy (non-hydrogen) atoms. The maximum absolute atomic E-state index is 9.28. The van der Waals surface area contributed by atoms with E-state index in [0.29, 0.717) is 35.4 Å². The quantitative estimate of drug-likeness (QED) is 0.274. The molecule has 6 N–H and O–H groups in total. The first-order valence-corrected chi connectivity index (χ1v) is 12.5. The summed E-state index contributed by atoms with van der Waals surface area (Å²) in [5, 5.41) is 44.0. The number of unbranched alkanes of at least 4 members (excludes halogenated alkanes) is 3. The normalized spacial score (nSPS) is 18.4. The molecule has 2 rings (SSSR count). The zero-order valence-electron chi connectivity index (χ0n) is 22.0. The van der Waals surface area contributed by atoms with Gasteiger partial charge in [-0.3, -0.25) is 0 Å². The molecule has 0 spiro atoms. The van der Waals surface area contributed by atoms with Crippen LogP contribution in [0, 0.1) is 56.2 Å². The lowest BCUT2D eigenvalue weighted by Crippen LogP contribution is -2.31. The second kappa shape index (κ2) is 12.2. The van der Waals surface area contributed by atoms with Gasteiger partial charge in [0.15, 0.2) is 0 Å². The second-order valence-corrected chi connectivity index (χ2v) is 11.2. The van der Waals surface area contributed by atoms with E-state index in [2.05, 4.69) is 38.3 Å². The molecule has 0 heterocycles. The number of hydrogen-bond acceptors (Lipinski definition) is 8. The third kappa shape index (κ3) is 7.31. The Bertz CT molecular complexity index is 1030. The standard InChI is InChI=1S/C28H38N8/c1-27(2)11-21(19(15-29)16-30)25(33)23(13-27)35-9-7-5-6-8-10-36-24-14-28(3,4)12-22(26(24)34)20(17-31)18-32/h35-36H,5-14,33-34H2,1-4H3. The Labute approximate surface area is 215 Å².